The Balaban J connectivity index is 2.22. The molecule has 3 rings (SSSR count). The van der Waals surface area contributed by atoms with Crippen LogP contribution in [0.3, 0.4) is 0 Å². The second-order valence-corrected chi connectivity index (χ2v) is 5.52. The van der Waals surface area contributed by atoms with Gasteiger partial charge in [0.05, 0.1) is 18.5 Å². The number of fused-ring (bicyclic) bond motifs is 1. The smallest absolute Gasteiger partial charge is 0.307 e. The summed E-state index contributed by atoms with van der Waals surface area (Å²) in [6.45, 7) is 2.18. The van der Waals surface area contributed by atoms with Crippen molar-refractivity contribution in [2.75, 3.05) is 0 Å². The predicted octanol–water partition coefficient (Wildman–Crippen LogP) is 3.04. The van der Waals surface area contributed by atoms with Gasteiger partial charge in [0.1, 0.15) is 11.5 Å². The standard InChI is InChI=1S/C18H17NO4/c1-11-14(9-17(22)23)13-6-4-8-16(21)18(13)19(11)10-12-5-2-3-7-15(12)20/h2-8,20-21H,9-10H2,1H3,(H,22,23). The van der Waals surface area contributed by atoms with Gasteiger partial charge in [-0.1, -0.05) is 30.3 Å². The molecule has 0 saturated heterocycles. The van der Waals surface area contributed by atoms with Crippen LogP contribution in [-0.2, 0) is 17.8 Å². The zero-order valence-electron chi connectivity index (χ0n) is 12.7. The van der Waals surface area contributed by atoms with Crippen LogP contribution >= 0.6 is 0 Å². The van der Waals surface area contributed by atoms with Gasteiger partial charge in [0, 0.05) is 16.6 Å². The Morgan fingerprint density at radius 1 is 1.04 bits per heavy atom. The monoisotopic (exact) mass is 311 g/mol. The highest BCUT2D eigenvalue weighted by molar-refractivity contribution is 5.92. The third-order valence-corrected chi connectivity index (χ3v) is 4.10. The van der Waals surface area contributed by atoms with Crippen molar-refractivity contribution < 1.29 is 20.1 Å². The van der Waals surface area contributed by atoms with Crippen LogP contribution < -0.4 is 0 Å². The molecule has 1 aromatic heterocycles. The lowest BCUT2D eigenvalue weighted by Gasteiger charge is -2.11. The van der Waals surface area contributed by atoms with Crippen molar-refractivity contribution in [3.8, 4) is 11.5 Å². The highest BCUT2D eigenvalue weighted by Gasteiger charge is 2.19. The molecule has 0 atom stereocenters. The molecule has 0 aliphatic carbocycles. The first kappa shape index (κ1) is 15.0. The highest BCUT2D eigenvalue weighted by atomic mass is 16.4. The van der Waals surface area contributed by atoms with Gasteiger partial charge in [-0.25, -0.2) is 0 Å². The summed E-state index contributed by atoms with van der Waals surface area (Å²) in [6.07, 6.45) is -0.112. The third-order valence-electron chi connectivity index (χ3n) is 4.10. The van der Waals surface area contributed by atoms with Crippen molar-refractivity contribution in [3.05, 3.63) is 59.3 Å². The number of benzene rings is 2. The molecule has 1 heterocycles. The van der Waals surface area contributed by atoms with E-state index < -0.39 is 5.97 Å². The van der Waals surface area contributed by atoms with E-state index in [1.807, 2.05) is 23.6 Å². The molecule has 0 fully saturated rings. The number of phenols is 2. The number of carboxylic acids is 1. The van der Waals surface area contributed by atoms with Crippen LogP contribution in [-0.4, -0.2) is 25.9 Å². The van der Waals surface area contributed by atoms with E-state index in [2.05, 4.69) is 0 Å². The second kappa shape index (κ2) is 5.68. The molecule has 3 aromatic rings. The van der Waals surface area contributed by atoms with Crippen LogP contribution in [0.4, 0.5) is 0 Å². The topological polar surface area (TPSA) is 82.7 Å². The average molecular weight is 311 g/mol. The first-order valence-corrected chi connectivity index (χ1v) is 7.27. The minimum Gasteiger partial charge on any atom is -0.508 e. The van der Waals surface area contributed by atoms with Gasteiger partial charge >= 0.3 is 5.97 Å². The van der Waals surface area contributed by atoms with E-state index in [4.69, 9.17) is 5.11 Å². The molecule has 0 saturated carbocycles. The van der Waals surface area contributed by atoms with E-state index >= 15 is 0 Å². The Hall–Kier alpha value is -2.95. The quantitative estimate of drug-likeness (QED) is 0.691. The Kier molecular flexibility index (Phi) is 3.70. The molecule has 2 aromatic carbocycles. The average Bonchev–Trinajstić information content (AvgIpc) is 2.76. The molecule has 0 spiro atoms. The minimum absolute atomic E-state index is 0.0951. The molecule has 5 heteroatoms. The summed E-state index contributed by atoms with van der Waals surface area (Å²) in [4.78, 5) is 11.2. The lowest BCUT2D eigenvalue weighted by molar-refractivity contribution is -0.136. The molecule has 118 valence electrons. The van der Waals surface area contributed by atoms with Crippen molar-refractivity contribution in [1.29, 1.82) is 0 Å². The number of carboxylic acid groups (broad SMARTS) is 1. The summed E-state index contributed by atoms with van der Waals surface area (Å²) >= 11 is 0. The van der Waals surface area contributed by atoms with Crippen molar-refractivity contribution in [2.24, 2.45) is 0 Å². The zero-order valence-corrected chi connectivity index (χ0v) is 12.7. The number of carbonyl (C=O) groups is 1. The summed E-state index contributed by atoms with van der Waals surface area (Å²) < 4.78 is 1.85. The molecule has 3 N–H and O–H groups in total. The molecule has 0 aliphatic rings. The minimum atomic E-state index is -0.918. The summed E-state index contributed by atoms with van der Waals surface area (Å²) in [5.41, 5.74) is 2.74. The normalized spacial score (nSPS) is 11.0. The van der Waals surface area contributed by atoms with E-state index in [1.54, 1.807) is 30.3 Å². The summed E-state index contributed by atoms with van der Waals surface area (Å²) in [7, 11) is 0. The molecule has 0 aliphatic heterocycles. The van der Waals surface area contributed by atoms with Gasteiger partial charge in [0.2, 0.25) is 0 Å². The van der Waals surface area contributed by atoms with Crippen LogP contribution in [0.5, 0.6) is 11.5 Å². The molecule has 0 amide bonds. The third kappa shape index (κ3) is 2.61. The highest BCUT2D eigenvalue weighted by Crippen LogP contribution is 2.33. The fraction of sp³-hybridized carbons (Fsp3) is 0.167. The number of aromatic hydroxyl groups is 2. The number of hydrogen-bond acceptors (Lipinski definition) is 3. The van der Waals surface area contributed by atoms with Gasteiger partial charge in [-0.15, -0.1) is 0 Å². The first-order valence-electron chi connectivity index (χ1n) is 7.27. The van der Waals surface area contributed by atoms with Crippen molar-refractivity contribution >= 4 is 16.9 Å². The maximum absolute atomic E-state index is 11.2. The Bertz CT molecular complexity index is 895. The fourth-order valence-electron chi connectivity index (χ4n) is 2.97. The number of aromatic nitrogens is 1. The number of nitrogens with zero attached hydrogens (tertiary/aromatic N) is 1. The lowest BCUT2D eigenvalue weighted by atomic mass is 10.1. The largest absolute Gasteiger partial charge is 0.508 e. The molecular weight excluding hydrogens is 294 g/mol. The number of hydrogen-bond donors (Lipinski definition) is 3. The van der Waals surface area contributed by atoms with Gasteiger partial charge in [0.15, 0.2) is 0 Å². The van der Waals surface area contributed by atoms with Gasteiger partial charge in [-0.05, 0) is 24.6 Å². The van der Waals surface area contributed by atoms with E-state index in [-0.39, 0.29) is 17.9 Å². The molecule has 0 radical (unpaired) electrons. The van der Waals surface area contributed by atoms with Crippen LogP contribution in [0.25, 0.3) is 10.9 Å². The molecule has 0 unspecified atom stereocenters. The van der Waals surface area contributed by atoms with Crippen LogP contribution in [0.1, 0.15) is 16.8 Å². The first-order chi connectivity index (χ1) is 11.0. The Labute approximate surface area is 133 Å². The fourth-order valence-corrected chi connectivity index (χ4v) is 2.97. The molecular formula is C18H17NO4. The van der Waals surface area contributed by atoms with Gasteiger partial charge < -0.3 is 19.9 Å². The van der Waals surface area contributed by atoms with E-state index in [0.29, 0.717) is 23.2 Å². The van der Waals surface area contributed by atoms with Gasteiger partial charge in [0.25, 0.3) is 0 Å². The van der Waals surface area contributed by atoms with Crippen LogP contribution in [0.15, 0.2) is 42.5 Å². The maximum atomic E-state index is 11.2. The Morgan fingerprint density at radius 2 is 1.74 bits per heavy atom. The maximum Gasteiger partial charge on any atom is 0.307 e. The van der Waals surface area contributed by atoms with Crippen molar-refractivity contribution in [2.45, 2.75) is 19.9 Å². The predicted molar refractivity (Wildman–Crippen MR) is 86.9 cm³/mol. The Morgan fingerprint density at radius 3 is 2.43 bits per heavy atom. The summed E-state index contributed by atoms with van der Waals surface area (Å²) in [5, 5.41) is 30.1. The molecule has 0 bridgehead atoms. The van der Waals surface area contributed by atoms with Crippen molar-refractivity contribution in [3.63, 3.8) is 0 Å². The van der Waals surface area contributed by atoms with E-state index in [9.17, 15) is 15.0 Å². The molecule has 5 nitrogen and oxygen atoms in total. The van der Waals surface area contributed by atoms with Gasteiger partial charge in [-0.3, -0.25) is 4.79 Å². The summed E-state index contributed by atoms with van der Waals surface area (Å²) in [6, 6.07) is 12.1. The van der Waals surface area contributed by atoms with Gasteiger partial charge in [-0.2, -0.15) is 0 Å². The second-order valence-electron chi connectivity index (χ2n) is 5.52. The SMILES string of the molecule is Cc1c(CC(=O)O)c2cccc(O)c2n1Cc1ccccc1O. The number of aliphatic carboxylic acids is 1. The van der Waals surface area contributed by atoms with Crippen LogP contribution in [0, 0.1) is 6.92 Å². The van der Waals surface area contributed by atoms with Crippen LogP contribution in [0.2, 0.25) is 0 Å². The zero-order chi connectivity index (χ0) is 16.6. The lowest BCUT2D eigenvalue weighted by Crippen LogP contribution is -2.05. The number of para-hydroxylation sites is 2. The number of phenolic OH excluding ortho intramolecular Hbond substituents is 2. The van der Waals surface area contributed by atoms with E-state index in [1.165, 1.54) is 0 Å². The number of rotatable bonds is 4. The summed E-state index contributed by atoms with van der Waals surface area (Å²) in [5.74, 6) is -0.653. The van der Waals surface area contributed by atoms with E-state index in [0.717, 1.165) is 11.1 Å². The molecule has 23 heavy (non-hydrogen) atoms. The van der Waals surface area contributed by atoms with Crippen molar-refractivity contribution in [1.82, 2.24) is 4.57 Å².